The van der Waals surface area contributed by atoms with Crippen LogP contribution in [0, 0.1) is 0 Å². The van der Waals surface area contributed by atoms with Crippen molar-refractivity contribution in [1.82, 2.24) is 0 Å². The highest BCUT2D eigenvalue weighted by molar-refractivity contribution is 5.90. The van der Waals surface area contributed by atoms with Crippen LogP contribution in [0.2, 0.25) is 0 Å². The molecule has 6 nitrogen and oxygen atoms in total. The molecule has 2 aromatic rings. The average Bonchev–Trinajstić information content (AvgIpc) is 2.54. The van der Waals surface area contributed by atoms with Gasteiger partial charge in [-0.25, -0.2) is 9.59 Å². The zero-order valence-electron chi connectivity index (χ0n) is 12.2. The second-order valence-corrected chi connectivity index (χ2v) is 5.20. The number of carboxylic acids is 3. The van der Waals surface area contributed by atoms with Crippen LogP contribution in [0.1, 0.15) is 38.8 Å². The maximum atomic E-state index is 11.8. The molecule has 0 bridgehead atoms. The Morgan fingerprint density at radius 2 is 1.00 bits per heavy atom. The Labute approximate surface area is 131 Å². The van der Waals surface area contributed by atoms with Crippen molar-refractivity contribution in [3.8, 4) is 0 Å². The number of carbonyl (C=O) groups is 3. The molecule has 3 N–H and O–H groups in total. The van der Waals surface area contributed by atoms with Crippen LogP contribution in [0.3, 0.4) is 0 Å². The third kappa shape index (κ3) is 2.91. The lowest BCUT2D eigenvalue weighted by Crippen LogP contribution is -2.33. The second-order valence-electron chi connectivity index (χ2n) is 5.20. The van der Waals surface area contributed by atoms with Gasteiger partial charge in [0.25, 0.3) is 0 Å². The van der Waals surface area contributed by atoms with Crippen LogP contribution in [-0.2, 0) is 10.2 Å². The first-order valence-corrected chi connectivity index (χ1v) is 6.68. The van der Waals surface area contributed by atoms with Gasteiger partial charge in [-0.1, -0.05) is 24.3 Å². The van der Waals surface area contributed by atoms with Gasteiger partial charge in [0, 0.05) is 0 Å². The molecule has 0 saturated heterocycles. The lowest BCUT2D eigenvalue weighted by Gasteiger charge is -2.26. The molecular weight excluding hydrogens is 300 g/mol. The third-order valence-corrected chi connectivity index (χ3v) is 3.85. The Morgan fingerprint density at radius 1 is 0.696 bits per heavy atom. The Hall–Kier alpha value is -3.15. The van der Waals surface area contributed by atoms with Crippen molar-refractivity contribution >= 4 is 17.9 Å². The molecule has 0 aliphatic rings. The summed E-state index contributed by atoms with van der Waals surface area (Å²) < 4.78 is 0. The minimum Gasteiger partial charge on any atom is -0.480 e. The smallest absolute Gasteiger partial charge is 0.335 e. The quantitative estimate of drug-likeness (QED) is 0.781. The van der Waals surface area contributed by atoms with E-state index in [4.69, 9.17) is 10.2 Å². The first-order chi connectivity index (χ1) is 10.8. The molecule has 2 aromatic carbocycles. The topological polar surface area (TPSA) is 112 Å². The Kier molecular flexibility index (Phi) is 4.18. The van der Waals surface area contributed by atoms with Gasteiger partial charge in [0.15, 0.2) is 0 Å². The number of rotatable bonds is 5. The summed E-state index contributed by atoms with van der Waals surface area (Å²) in [7, 11) is 0. The molecule has 0 fully saturated rings. The molecule has 0 heterocycles. The van der Waals surface area contributed by atoms with Gasteiger partial charge in [-0.15, -0.1) is 0 Å². The van der Waals surface area contributed by atoms with E-state index in [-0.39, 0.29) is 11.1 Å². The van der Waals surface area contributed by atoms with E-state index in [9.17, 15) is 19.5 Å². The van der Waals surface area contributed by atoms with E-state index in [2.05, 4.69) is 0 Å². The van der Waals surface area contributed by atoms with Crippen molar-refractivity contribution < 1.29 is 29.7 Å². The first-order valence-electron chi connectivity index (χ1n) is 6.68. The monoisotopic (exact) mass is 314 g/mol. The highest BCUT2D eigenvalue weighted by Gasteiger charge is 2.37. The largest absolute Gasteiger partial charge is 0.480 e. The number of aromatic carboxylic acids is 2. The zero-order chi connectivity index (χ0) is 17.2. The summed E-state index contributed by atoms with van der Waals surface area (Å²) in [4.78, 5) is 33.6. The summed E-state index contributed by atoms with van der Waals surface area (Å²) in [6, 6.07) is 11.1. The van der Waals surface area contributed by atoms with Crippen molar-refractivity contribution in [3.05, 3.63) is 70.8 Å². The molecule has 0 atom stereocenters. The standard InChI is InChI=1S/C17H14O6/c1-17(16(22)23,12-6-2-10(3-7-12)14(18)19)13-8-4-11(5-9-13)15(20)21/h2-9H,1H3,(H,18,19)(H,20,21)(H,22,23). The van der Waals surface area contributed by atoms with Gasteiger partial charge in [0.2, 0.25) is 0 Å². The molecule has 118 valence electrons. The molecular formula is C17H14O6. The predicted molar refractivity (Wildman–Crippen MR) is 80.9 cm³/mol. The van der Waals surface area contributed by atoms with Crippen molar-refractivity contribution in [2.45, 2.75) is 12.3 Å². The molecule has 23 heavy (non-hydrogen) atoms. The van der Waals surface area contributed by atoms with Crippen LogP contribution in [0.4, 0.5) is 0 Å². The molecule has 0 aromatic heterocycles. The van der Waals surface area contributed by atoms with Gasteiger partial charge in [0.05, 0.1) is 11.1 Å². The van der Waals surface area contributed by atoms with Crippen LogP contribution >= 0.6 is 0 Å². The molecule has 0 saturated carbocycles. The number of carboxylic acid groups (broad SMARTS) is 3. The van der Waals surface area contributed by atoms with E-state index in [1.165, 1.54) is 55.5 Å². The molecule has 0 aliphatic heterocycles. The number of hydrogen-bond acceptors (Lipinski definition) is 3. The van der Waals surface area contributed by atoms with E-state index in [0.29, 0.717) is 11.1 Å². The Balaban J connectivity index is 2.52. The highest BCUT2D eigenvalue weighted by Crippen LogP contribution is 2.32. The van der Waals surface area contributed by atoms with Crippen LogP contribution in [0.15, 0.2) is 48.5 Å². The molecule has 0 aliphatic carbocycles. The summed E-state index contributed by atoms with van der Waals surface area (Å²) in [5.41, 5.74) is -0.504. The van der Waals surface area contributed by atoms with E-state index in [0.717, 1.165) is 0 Å². The first kappa shape index (κ1) is 16.2. The van der Waals surface area contributed by atoms with Gasteiger partial charge in [0.1, 0.15) is 5.41 Å². The Morgan fingerprint density at radius 3 is 1.22 bits per heavy atom. The number of benzene rings is 2. The van der Waals surface area contributed by atoms with Gasteiger partial charge in [-0.05, 0) is 42.3 Å². The molecule has 0 amide bonds. The van der Waals surface area contributed by atoms with Crippen LogP contribution in [-0.4, -0.2) is 33.2 Å². The second kappa shape index (κ2) is 5.92. The summed E-state index contributed by atoms with van der Waals surface area (Å²) >= 11 is 0. The maximum Gasteiger partial charge on any atom is 0.335 e. The molecule has 0 unspecified atom stereocenters. The van der Waals surface area contributed by atoms with Crippen LogP contribution in [0.25, 0.3) is 0 Å². The van der Waals surface area contributed by atoms with Gasteiger partial charge in [-0.2, -0.15) is 0 Å². The fraction of sp³-hybridized carbons (Fsp3) is 0.118. The maximum absolute atomic E-state index is 11.8. The SMILES string of the molecule is CC(C(=O)O)(c1ccc(C(=O)O)cc1)c1ccc(C(=O)O)cc1. The van der Waals surface area contributed by atoms with E-state index in [1.807, 2.05) is 0 Å². The van der Waals surface area contributed by atoms with Crippen molar-refractivity contribution in [2.75, 3.05) is 0 Å². The van der Waals surface area contributed by atoms with E-state index < -0.39 is 23.3 Å². The summed E-state index contributed by atoms with van der Waals surface area (Å²) in [6.45, 7) is 1.49. The van der Waals surface area contributed by atoms with Crippen molar-refractivity contribution in [3.63, 3.8) is 0 Å². The predicted octanol–water partition coefficient (Wildman–Crippen LogP) is 2.47. The lowest BCUT2D eigenvalue weighted by atomic mass is 9.76. The molecule has 6 heteroatoms. The van der Waals surface area contributed by atoms with Crippen molar-refractivity contribution in [2.24, 2.45) is 0 Å². The van der Waals surface area contributed by atoms with Gasteiger partial charge < -0.3 is 15.3 Å². The molecule has 0 spiro atoms. The zero-order valence-corrected chi connectivity index (χ0v) is 12.2. The third-order valence-electron chi connectivity index (χ3n) is 3.85. The average molecular weight is 314 g/mol. The van der Waals surface area contributed by atoms with Crippen LogP contribution in [0.5, 0.6) is 0 Å². The van der Waals surface area contributed by atoms with Crippen LogP contribution < -0.4 is 0 Å². The minimum atomic E-state index is -1.42. The number of aliphatic carboxylic acids is 1. The molecule has 2 rings (SSSR count). The van der Waals surface area contributed by atoms with Gasteiger partial charge >= 0.3 is 17.9 Å². The normalized spacial score (nSPS) is 11.0. The molecule has 0 radical (unpaired) electrons. The minimum absolute atomic E-state index is 0.0581. The van der Waals surface area contributed by atoms with E-state index in [1.54, 1.807) is 0 Å². The lowest BCUT2D eigenvalue weighted by molar-refractivity contribution is -0.141. The summed E-state index contributed by atoms with van der Waals surface area (Å²) in [5.74, 6) is -3.32. The van der Waals surface area contributed by atoms with E-state index >= 15 is 0 Å². The Bertz CT molecular complexity index is 701. The van der Waals surface area contributed by atoms with Gasteiger partial charge in [-0.3, -0.25) is 4.79 Å². The fourth-order valence-corrected chi connectivity index (χ4v) is 2.31. The fourth-order valence-electron chi connectivity index (χ4n) is 2.31. The number of hydrogen-bond donors (Lipinski definition) is 3. The summed E-state index contributed by atoms with van der Waals surface area (Å²) in [6.07, 6.45) is 0. The summed E-state index contributed by atoms with van der Waals surface area (Å²) in [5, 5.41) is 27.5. The highest BCUT2D eigenvalue weighted by atomic mass is 16.4. The van der Waals surface area contributed by atoms with Crippen molar-refractivity contribution in [1.29, 1.82) is 0 Å².